The SMILES string of the molecule is [C-]#[N+]C([N+]#[C-])=C1Cc2c(-c3cc(F)c(S(=O)(=O)C(F)(F)F)c(F)c3)c3c(c(-c4cc(F)c(S(=O)(=O)C(F)(F)F)c(F)c4)c2=C1[N+]#[C-])CC(=C(C#N)C#N)C=3C#N. The molecule has 3 aromatic carbocycles. The Morgan fingerprint density at radius 2 is 1.02 bits per heavy atom. The molecule has 280 valence electrons. The van der Waals surface area contributed by atoms with E-state index in [4.69, 9.17) is 19.7 Å². The highest BCUT2D eigenvalue weighted by molar-refractivity contribution is 7.92. The fraction of sp³-hybridized carbons (Fsp3) is 0.118. The van der Waals surface area contributed by atoms with Crippen LogP contribution in [0.25, 0.3) is 48.1 Å². The maximum atomic E-state index is 15.5. The summed E-state index contributed by atoms with van der Waals surface area (Å²) in [6.07, 6.45) is -1.65. The number of hydrogen-bond acceptors (Lipinski definition) is 7. The van der Waals surface area contributed by atoms with Crippen LogP contribution in [-0.4, -0.2) is 27.9 Å². The molecule has 10 nitrogen and oxygen atoms in total. The first-order chi connectivity index (χ1) is 26.0. The minimum absolute atomic E-state index is 0.0729. The first kappa shape index (κ1) is 40.2. The number of rotatable bonds is 4. The highest BCUT2D eigenvalue weighted by Crippen LogP contribution is 2.43. The number of nitrogens with zero attached hydrogens (tertiary/aromatic N) is 6. The fourth-order valence-electron chi connectivity index (χ4n) is 6.33. The van der Waals surface area contributed by atoms with Crippen molar-refractivity contribution in [3.05, 3.63) is 126 Å². The largest absolute Gasteiger partial charge is 0.512 e. The van der Waals surface area contributed by atoms with Crippen LogP contribution in [0.15, 0.2) is 56.6 Å². The normalized spacial score (nSPS) is 13.8. The van der Waals surface area contributed by atoms with Gasteiger partial charge in [-0.15, -0.1) is 0 Å². The Hall–Kier alpha value is -6.98. The molecule has 0 amide bonds. The molecule has 0 aliphatic heterocycles. The van der Waals surface area contributed by atoms with Crippen molar-refractivity contribution >= 4 is 30.9 Å². The van der Waals surface area contributed by atoms with E-state index >= 15 is 17.6 Å². The molecule has 2 aliphatic rings. The Morgan fingerprint density at radius 1 is 0.643 bits per heavy atom. The Morgan fingerprint density at radius 3 is 1.36 bits per heavy atom. The van der Waals surface area contributed by atoms with E-state index in [1.807, 2.05) is 0 Å². The molecule has 0 N–H and O–H groups in total. The van der Waals surface area contributed by atoms with Gasteiger partial charge in [-0.3, -0.25) is 0 Å². The van der Waals surface area contributed by atoms with Crippen LogP contribution in [0.4, 0.5) is 43.9 Å². The minimum atomic E-state index is -6.70. The molecule has 22 heteroatoms. The van der Waals surface area contributed by atoms with Gasteiger partial charge in [0.15, 0.2) is 5.70 Å². The summed E-state index contributed by atoms with van der Waals surface area (Å²) in [5, 5.41) is 28.5. The Labute approximate surface area is 307 Å². The van der Waals surface area contributed by atoms with Crippen molar-refractivity contribution in [2.24, 2.45) is 0 Å². The second-order valence-electron chi connectivity index (χ2n) is 11.3. The van der Waals surface area contributed by atoms with E-state index in [-0.39, 0.29) is 24.3 Å². The van der Waals surface area contributed by atoms with Gasteiger partial charge < -0.3 is 0 Å². The fourth-order valence-corrected chi connectivity index (χ4v) is 8.05. The number of halogens is 10. The van der Waals surface area contributed by atoms with Gasteiger partial charge in [0.1, 0.15) is 70.0 Å². The summed E-state index contributed by atoms with van der Waals surface area (Å²) in [5.74, 6) is -10.2. The molecule has 0 saturated carbocycles. The molecule has 0 atom stereocenters. The quantitative estimate of drug-likeness (QED) is 0.169. The highest BCUT2D eigenvalue weighted by atomic mass is 32.2. The Kier molecular flexibility index (Phi) is 9.62. The predicted molar refractivity (Wildman–Crippen MR) is 168 cm³/mol. The number of fused-ring (bicyclic) bond motifs is 2. The molecule has 0 unspecified atom stereocenters. The molecular weight excluding hydrogens is 811 g/mol. The number of nitriles is 3. The van der Waals surface area contributed by atoms with E-state index in [0.29, 0.717) is 0 Å². The monoisotopic (exact) mass is 818 g/mol. The molecule has 2 aliphatic carbocycles. The van der Waals surface area contributed by atoms with E-state index in [9.17, 15) is 59.0 Å². The van der Waals surface area contributed by atoms with Crippen molar-refractivity contribution in [1.82, 2.24) is 0 Å². The van der Waals surface area contributed by atoms with Gasteiger partial charge in [-0.1, -0.05) is 0 Å². The lowest BCUT2D eigenvalue weighted by molar-refractivity contribution is -0.0445. The average Bonchev–Trinajstić information content (AvgIpc) is 3.64. The number of benzene rings is 3. The summed E-state index contributed by atoms with van der Waals surface area (Å²) in [5.41, 5.74) is -19.7. The van der Waals surface area contributed by atoms with Crippen molar-refractivity contribution in [1.29, 1.82) is 15.8 Å². The molecule has 0 aromatic heterocycles. The topological polar surface area (TPSA) is 153 Å². The lowest BCUT2D eigenvalue weighted by atomic mass is 9.86. The summed E-state index contributed by atoms with van der Waals surface area (Å²) in [7, 11) is -13.4. The first-order valence-corrected chi connectivity index (χ1v) is 17.3. The molecule has 0 spiro atoms. The van der Waals surface area contributed by atoms with Gasteiger partial charge in [0.05, 0.1) is 17.7 Å². The molecule has 0 fully saturated rings. The van der Waals surface area contributed by atoms with Gasteiger partial charge in [-0.05, 0) is 69.3 Å². The molecule has 3 aromatic rings. The maximum absolute atomic E-state index is 15.5. The zero-order valence-electron chi connectivity index (χ0n) is 26.6. The lowest BCUT2D eigenvalue weighted by Gasteiger charge is -2.18. The van der Waals surface area contributed by atoms with Gasteiger partial charge >= 0.3 is 16.8 Å². The zero-order valence-corrected chi connectivity index (χ0v) is 28.3. The molecule has 0 radical (unpaired) electrons. The van der Waals surface area contributed by atoms with Crippen LogP contribution in [0.3, 0.4) is 0 Å². The third-order valence-electron chi connectivity index (χ3n) is 8.44. The summed E-state index contributed by atoms with van der Waals surface area (Å²) >= 11 is 0. The van der Waals surface area contributed by atoms with E-state index in [2.05, 4.69) is 14.5 Å². The molecule has 0 heterocycles. The molecular formula is C34H8F10N6O4S2. The van der Waals surface area contributed by atoms with E-state index in [1.165, 1.54) is 12.1 Å². The zero-order chi connectivity index (χ0) is 42.0. The summed E-state index contributed by atoms with van der Waals surface area (Å²) in [4.78, 5) is 4.39. The van der Waals surface area contributed by atoms with E-state index in [1.54, 1.807) is 6.07 Å². The highest BCUT2D eigenvalue weighted by Gasteiger charge is 2.51. The second kappa shape index (κ2) is 13.4. The smallest absolute Gasteiger partial charge is 0.238 e. The average molecular weight is 819 g/mol. The van der Waals surface area contributed by atoms with Crippen molar-refractivity contribution < 1.29 is 60.7 Å². The standard InChI is InChI=1S/C34H8F10N6O4S2/c1-48-29-19(32(49-2)50-3)9-18-25(13-4-21(35)30(22(36)5-13)55(51,52)33(39,40)41)27-17(8-16(20(27)12-47)15(10-45)11-46)26(28(18)29)14-6-23(37)31(24(38)7-14)56(53,54)34(42,43)44/h4-7H,8-9H2. The number of alkyl halides is 6. The molecule has 5 rings (SSSR count). The van der Waals surface area contributed by atoms with Crippen molar-refractivity contribution in [3.63, 3.8) is 0 Å². The van der Waals surface area contributed by atoms with Gasteiger partial charge in [0.25, 0.3) is 19.7 Å². The van der Waals surface area contributed by atoms with Gasteiger partial charge in [0, 0.05) is 17.2 Å². The summed E-state index contributed by atoms with van der Waals surface area (Å²) in [6.45, 7) is 22.8. The van der Waals surface area contributed by atoms with Gasteiger partial charge in [0.2, 0.25) is 0 Å². The van der Waals surface area contributed by atoms with Crippen molar-refractivity contribution in [3.8, 4) is 40.5 Å². The van der Waals surface area contributed by atoms with Crippen LogP contribution in [0.1, 0.15) is 11.1 Å². The van der Waals surface area contributed by atoms with Gasteiger partial charge in [-0.25, -0.2) is 39.2 Å². The lowest BCUT2D eigenvalue weighted by Crippen LogP contribution is -2.27. The predicted octanol–water partition coefficient (Wildman–Crippen LogP) is 6.37. The summed E-state index contributed by atoms with van der Waals surface area (Å²) < 4.78 is 191. The molecule has 0 saturated heterocycles. The summed E-state index contributed by atoms with van der Waals surface area (Å²) in [6, 6.07) is 4.87. The van der Waals surface area contributed by atoms with E-state index < -0.39 is 154 Å². The van der Waals surface area contributed by atoms with Crippen LogP contribution < -0.4 is 10.4 Å². The van der Waals surface area contributed by atoms with Crippen molar-refractivity contribution in [2.45, 2.75) is 33.6 Å². The van der Waals surface area contributed by atoms with Gasteiger partial charge in [-0.2, -0.15) is 51.8 Å². The second-order valence-corrected chi connectivity index (χ2v) is 15.1. The van der Waals surface area contributed by atoms with Crippen LogP contribution in [0.2, 0.25) is 0 Å². The van der Waals surface area contributed by atoms with E-state index in [0.717, 1.165) is 0 Å². The van der Waals surface area contributed by atoms with Crippen molar-refractivity contribution in [2.75, 3.05) is 0 Å². The van der Waals surface area contributed by atoms with Crippen LogP contribution in [0.5, 0.6) is 0 Å². The number of hydrogen-bond donors (Lipinski definition) is 0. The third kappa shape index (κ3) is 5.80. The van der Waals surface area contributed by atoms with Crippen LogP contribution in [-0.2, 0) is 32.5 Å². The van der Waals surface area contributed by atoms with Crippen LogP contribution >= 0.6 is 0 Å². The minimum Gasteiger partial charge on any atom is -0.238 e. The number of allylic oxidation sites excluding steroid dienone is 2. The first-order valence-electron chi connectivity index (χ1n) is 14.4. The van der Waals surface area contributed by atoms with Crippen LogP contribution in [0, 0.1) is 77.0 Å². The third-order valence-corrected chi connectivity index (χ3v) is 11.5. The maximum Gasteiger partial charge on any atom is 0.512 e. The molecule has 56 heavy (non-hydrogen) atoms. The molecule has 0 bridgehead atoms. The Balaban J connectivity index is 2.15. The number of sulfone groups is 2. The Bertz CT molecular complexity index is 2800.